The molecule has 0 bridgehead atoms. The number of ether oxygens (including phenoxy) is 1. The van der Waals surface area contributed by atoms with Crippen LogP contribution < -0.4 is 5.32 Å². The number of alkyl carbamates (subject to hydrolysis) is 1. The standard InChI is InChI=1S/C26H21N3O2/c30-26(27-14-6-5-7-18-12-13-19-16-28-29-25(19)15-18)31-17-24-22-10-3-1-8-20(22)21-9-2-4-11-23(21)24/h1-4,8-13,15-16,24H,6,14,17H2,(H,27,30)(H,28,29). The van der Waals surface area contributed by atoms with E-state index < -0.39 is 6.09 Å². The van der Waals surface area contributed by atoms with E-state index in [1.807, 2.05) is 42.5 Å². The highest BCUT2D eigenvalue weighted by Gasteiger charge is 2.28. The summed E-state index contributed by atoms with van der Waals surface area (Å²) in [6, 6.07) is 22.5. The number of carbonyl (C=O) groups is 1. The minimum atomic E-state index is -0.414. The van der Waals surface area contributed by atoms with E-state index in [0.29, 0.717) is 19.6 Å². The van der Waals surface area contributed by atoms with Crippen molar-refractivity contribution >= 4 is 17.0 Å². The number of hydrogen-bond donors (Lipinski definition) is 2. The van der Waals surface area contributed by atoms with E-state index in [4.69, 9.17) is 4.74 Å². The second kappa shape index (κ2) is 8.37. The average Bonchev–Trinajstić information content (AvgIpc) is 3.40. The van der Waals surface area contributed by atoms with Gasteiger partial charge in [0.15, 0.2) is 0 Å². The SMILES string of the molecule is O=C(NCCC#Cc1ccc2cn[nH]c2c1)OCC1c2ccccc2-c2ccccc21. The average molecular weight is 407 g/mol. The highest BCUT2D eigenvalue weighted by atomic mass is 16.5. The lowest BCUT2D eigenvalue weighted by Crippen LogP contribution is -2.26. The van der Waals surface area contributed by atoms with E-state index in [1.54, 1.807) is 6.20 Å². The smallest absolute Gasteiger partial charge is 0.407 e. The minimum Gasteiger partial charge on any atom is -0.449 e. The quantitative estimate of drug-likeness (QED) is 0.376. The van der Waals surface area contributed by atoms with Gasteiger partial charge in [0.1, 0.15) is 6.61 Å². The third-order valence-corrected chi connectivity index (χ3v) is 5.54. The molecule has 1 aliphatic rings. The highest BCUT2D eigenvalue weighted by molar-refractivity contribution is 5.80. The van der Waals surface area contributed by atoms with Gasteiger partial charge in [0.05, 0.1) is 11.7 Å². The van der Waals surface area contributed by atoms with Gasteiger partial charge < -0.3 is 10.1 Å². The zero-order chi connectivity index (χ0) is 21.0. The molecule has 4 aromatic rings. The molecule has 5 rings (SSSR count). The number of aromatic amines is 1. The molecule has 1 aromatic heterocycles. The largest absolute Gasteiger partial charge is 0.449 e. The molecule has 0 unspecified atom stereocenters. The molecule has 3 aromatic carbocycles. The number of aromatic nitrogens is 2. The minimum absolute atomic E-state index is 0.0651. The van der Waals surface area contributed by atoms with Gasteiger partial charge in [-0.2, -0.15) is 5.10 Å². The lowest BCUT2D eigenvalue weighted by atomic mass is 9.98. The lowest BCUT2D eigenvalue weighted by molar-refractivity contribution is 0.143. The van der Waals surface area contributed by atoms with Gasteiger partial charge in [0, 0.05) is 29.8 Å². The van der Waals surface area contributed by atoms with E-state index in [2.05, 4.69) is 51.6 Å². The van der Waals surface area contributed by atoms with E-state index in [1.165, 1.54) is 22.3 Å². The highest BCUT2D eigenvalue weighted by Crippen LogP contribution is 2.44. The Morgan fingerprint density at radius 2 is 1.77 bits per heavy atom. The van der Waals surface area contributed by atoms with Crippen molar-refractivity contribution in [2.24, 2.45) is 0 Å². The first kappa shape index (κ1) is 19.0. The number of benzene rings is 3. The maximum absolute atomic E-state index is 12.2. The molecule has 0 spiro atoms. The van der Waals surface area contributed by atoms with Crippen molar-refractivity contribution in [2.45, 2.75) is 12.3 Å². The number of carbonyl (C=O) groups excluding carboxylic acids is 1. The molecular formula is C26H21N3O2. The van der Waals surface area contributed by atoms with Crippen molar-refractivity contribution in [3.8, 4) is 23.0 Å². The van der Waals surface area contributed by atoms with Crippen LogP contribution in [-0.4, -0.2) is 29.4 Å². The van der Waals surface area contributed by atoms with Crippen LogP contribution in [0.2, 0.25) is 0 Å². The molecule has 1 heterocycles. The molecule has 0 atom stereocenters. The van der Waals surface area contributed by atoms with Crippen LogP contribution in [0.25, 0.3) is 22.0 Å². The summed E-state index contributed by atoms with van der Waals surface area (Å²) in [7, 11) is 0. The van der Waals surface area contributed by atoms with Crippen LogP contribution in [0.15, 0.2) is 72.9 Å². The third-order valence-electron chi connectivity index (χ3n) is 5.54. The number of nitrogens with zero attached hydrogens (tertiary/aromatic N) is 1. The fraction of sp³-hybridized carbons (Fsp3) is 0.154. The summed E-state index contributed by atoms with van der Waals surface area (Å²) in [4.78, 5) is 12.2. The normalized spacial score (nSPS) is 12.0. The molecule has 0 fully saturated rings. The van der Waals surface area contributed by atoms with E-state index in [-0.39, 0.29) is 5.92 Å². The van der Waals surface area contributed by atoms with Crippen LogP contribution in [0.5, 0.6) is 0 Å². The number of hydrogen-bond acceptors (Lipinski definition) is 3. The Morgan fingerprint density at radius 3 is 2.55 bits per heavy atom. The number of H-pyrrole nitrogens is 1. The van der Waals surface area contributed by atoms with E-state index in [0.717, 1.165) is 16.5 Å². The van der Waals surface area contributed by atoms with Gasteiger partial charge >= 0.3 is 6.09 Å². The van der Waals surface area contributed by atoms with Crippen LogP contribution in [0.1, 0.15) is 29.0 Å². The van der Waals surface area contributed by atoms with Crippen molar-refractivity contribution in [1.29, 1.82) is 0 Å². The summed E-state index contributed by atoms with van der Waals surface area (Å²) in [6.45, 7) is 0.756. The maximum Gasteiger partial charge on any atom is 0.407 e. The number of fused-ring (bicyclic) bond motifs is 4. The fourth-order valence-electron chi connectivity index (χ4n) is 4.06. The molecule has 31 heavy (non-hydrogen) atoms. The Balaban J connectivity index is 1.14. The molecule has 2 N–H and O–H groups in total. The van der Waals surface area contributed by atoms with Gasteiger partial charge in [-0.1, -0.05) is 60.4 Å². The van der Waals surface area contributed by atoms with Crippen LogP contribution in [-0.2, 0) is 4.74 Å². The zero-order valence-electron chi connectivity index (χ0n) is 16.9. The summed E-state index contributed by atoms with van der Waals surface area (Å²) in [5, 5.41) is 10.8. The first-order valence-corrected chi connectivity index (χ1v) is 10.3. The van der Waals surface area contributed by atoms with Crippen LogP contribution in [0.3, 0.4) is 0 Å². The third kappa shape index (κ3) is 3.88. The molecule has 5 nitrogen and oxygen atoms in total. The molecule has 0 saturated carbocycles. The Labute approximate surface area is 180 Å². The van der Waals surface area contributed by atoms with Gasteiger partial charge in [-0.25, -0.2) is 4.79 Å². The Morgan fingerprint density at radius 1 is 1.03 bits per heavy atom. The van der Waals surface area contributed by atoms with Gasteiger partial charge in [0.25, 0.3) is 0 Å². The number of rotatable bonds is 4. The monoisotopic (exact) mass is 407 g/mol. The summed E-state index contributed by atoms with van der Waals surface area (Å²) in [6.07, 6.45) is 1.92. The maximum atomic E-state index is 12.2. The second-order valence-corrected chi connectivity index (χ2v) is 7.48. The van der Waals surface area contributed by atoms with E-state index >= 15 is 0 Å². The second-order valence-electron chi connectivity index (χ2n) is 7.48. The van der Waals surface area contributed by atoms with Crippen molar-refractivity contribution < 1.29 is 9.53 Å². The van der Waals surface area contributed by atoms with Gasteiger partial charge in [0.2, 0.25) is 0 Å². The van der Waals surface area contributed by atoms with Gasteiger partial charge in [-0.15, -0.1) is 0 Å². The van der Waals surface area contributed by atoms with Crippen molar-refractivity contribution in [3.05, 3.63) is 89.6 Å². The summed E-state index contributed by atoms with van der Waals surface area (Å²) < 4.78 is 5.53. The predicted molar refractivity (Wildman–Crippen MR) is 121 cm³/mol. The molecule has 0 radical (unpaired) electrons. The molecule has 152 valence electrons. The molecule has 5 heteroatoms. The number of nitrogens with one attached hydrogen (secondary N) is 2. The lowest BCUT2D eigenvalue weighted by Gasteiger charge is -2.14. The van der Waals surface area contributed by atoms with Crippen LogP contribution in [0, 0.1) is 11.8 Å². The predicted octanol–water partition coefficient (Wildman–Crippen LogP) is 4.84. The summed E-state index contributed by atoms with van der Waals surface area (Å²) in [5.41, 5.74) is 6.72. The Hall–Kier alpha value is -4.04. The molecule has 1 aliphatic carbocycles. The molecule has 0 saturated heterocycles. The molecular weight excluding hydrogens is 386 g/mol. The number of amides is 1. The van der Waals surface area contributed by atoms with Crippen molar-refractivity contribution in [1.82, 2.24) is 15.5 Å². The van der Waals surface area contributed by atoms with Gasteiger partial charge in [-0.05, 0) is 40.5 Å². The van der Waals surface area contributed by atoms with Crippen LogP contribution >= 0.6 is 0 Å². The van der Waals surface area contributed by atoms with Gasteiger partial charge in [-0.3, -0.25) is 5.10 Å². The van der Waals surface area contributed by atoms with E-state index in [9.17, 15) is 4.79 Å². The Kier molecular flexibility index (Phi) is 5.12. The first-order valence-electron chi connectivity index (χ1n) is 10.3. The molecule has 0 aliphatic heterocycles. The zero-order valence-corrected chi connectivity index (χ0v) is 16.9. The Bertz CT molecular complexity index is 1270. The topological polar surface area (TPSA) is 67.0 Å². The molecule has 1 amide bonds. The van der Waals surface area contributed by atoms with Crippen molar-refractivity contribution in [2.75, 3.05) is 13.2 Å². The summed E-state index contributed by atoms with van der Waals surface area (Å²) in [5.74, 6) is 6.26. The van der Waals surface area contributed by atoms with Crippen LogP contribution in [0.4, 0.5) is 4.79 Å². The summed E-state index contributed by atoms with van der Waals surface area (Å²) >= 11 is 0. The van der Waals surface area contributed by atoms with Crippen molar-refractivity contribution in [3.63, 3.8) is 0 Å². The fourth-order valence-corrected chi connectivity index (χ4v) is 4.06. The first-order chi connectivity index (χ1) is 15.3.